The van der Waals surface area contributed by atoms with E-state index in [-0.39, 0.29) is 12.5 Å². The van der Waals surface area contributed by atoms with Crippen LogP contribution in [0, 0.1) is 0 Å². The average Bonchev–Trinajstić information content (AvgIpc) is 3.32. The first-order valence-electron chi connectivity index (χ1n) is 11.4. The maximum absolute atomic E-state index is 13.3. The summed E-state index contributed by atoms with van der Waals surface area (Å²) in [5.41, 5.74) is 4.76. The molecule has 4 nitrogen and oxygen atoms in total. The summed E-state index contributed by atoms with van der Waals surface area (Å²) in [5.74, 6) is -0.718. The molecule has 1 N–H and O–H groups in total. The Morgan fingerprint density at radius 3 is 2.20 bits per heavy atom. The molecule has 0 aliphatic heterocycles. The zero-order valence-electron chi connectivity index (χ0n) is 19.2. The standard InChI is InChI=1S/C30H23NO3S/c1-2-34-30(33)27-26(23-17-15-21(16-18-23)20-9-4-3-5-10-20)19-35-29(27)31-28(32)25-14-8-12-22-11-6-7-13-24(22)25/h3-19H,2H2,1H3,(H,31,32). The third-order valence-corrected chi connectivity index (χ3v) is 6.73. The molecular weight excluding hydrogens is 454 g/mol. The normalized spacial score (nSPS) is 10.8. The third kappa shape index (κ3) is 4.59. The molecule has 5 heteroatoms. The number of hydrogen-bond donors (Lipinski definition) is 1. The molecule has 0 unspecified atom stereocenters. The molecule has 0 fully saturated rings. The second kappa shape index (κ2) is 9.95. The maximum atomic E-state index is 13.3. The van der Waals surface area contributed by atoms with Crippen molar-refractivity contribution in [3.8, 4) is 22.3 Å². The molecule has 1 aromatic heterocycles. The number of fused-ring (bicyclic) bond motifs is 1. The molecule has 1 heterocycles. The second-order valence-electron chi connectivity index (χ2n) is 8.00. The van der Waals surface area contributed by atoms with Crippen LogP contribution in [0.5, 0.6) is 0 Å². The molecule has 0 atom stereocenters. The number of esters is 1. The minimum Gasteiger partial charge on any atom is -0.462 e. The fourth-order valence-corrected chi connectivity index (χ4v) is 5.09. The van der Waals surface area contributed by atoms with E-state index in [1.165, 1.54) is 11.3 Å². The Balaban J connectivity index is 1.50. The summed E-state index contributed by atoms with van der Waals surface area (Å²) in [6, 6.07) is 31.5. The van der Waals surface area contributed by atoms with E-state index in [2.05, 4.69) is 17.4 Å². The highest BCUT2D eigenvalue weighted by atomic mass is 32.1. The van der Waals surface area contributed by atoms with Gasteiger partial charge in [-0.05, 0) is 40.5 Å². The van der Waals surface area contributed by atoms with Gasteiger partial charge in [-0.25, -0.2) is 4.79 Å². The first-order chi connectivity index (χ1) is 17.2. The first kappa shape index (κ1) is 22.6. The van der Waals surface area contributed by atoms with Gasteiger partial charge in [0.15, 0.2) is 0 Å². The molecule has 172 valence electrons. The van der Waals surface area contributed by atoms with E-state index < -0.39 is 5.97 Å². The molecule has 0 aliphatic rings. The molecule has 35 heavy (non-hydrogen) atoms. The van der Waals surface area contributed by atoms with Crippen LogP contribution >= 0.6 is 11.3 Å². The van der Waals surface area contributed by atoms with Crippen molar-refractivity contribution in [2.75, 3.05) is 11.9 Å². The minimum absolute atomic E-state index is 0.248. The Morgan fingerprint density at radius 2 is 1.43 bits per heavy atom. The van der Waals surface area contributed by atoms with Crippen LogP contribution in [0.4, 0.5) is 5.00 Å². The molecule has 0 radical (unpaired) electrons. The zero-order chi connectivity index (χ0) is 24.2. The predicted molar refractivity (Wildman–Crippen MR) is 143 cm³/mol. The van der Waals surface area contributed by atoms with E-state index in [9.17, 15) is 9.59 Å². The molecular formula is C30H23NO3S. The number of amides is 1. The van der Waals surface area contributed by atoms with Crippen LogP contribution < -0.4 is 5.32 Å². The Bertz CT molecular complexity index is 1500. The fourth-order valence-electron chi connectivity index (χ4n) is 4.13. The molecule has 1 amide bonds. The minimum atomic E-state index is -0.455. The number of carbonyl (C=O) groups excluding carboxylic acids is 2. The third-order valence-electron chi connectivity index (χ3n) is 5.83. The molecule has 0 saturated carbocycles. The number of benzene rings is 4. The lowest BCUT2D eigenvalue weighted by Crippen LogP contribution is -2.15. The van der Waals surface area contributed by atoms with Crippen LogP contribution in [0.25, 0.3) is 33.0 Å². The van der Waals surface area contributed by atoms with Gasteiger partial charge in [-0.3, -0.25) is 4.79 Å². The summed E-state index contributed by atoms with van der Waals surface area (Å²) in [6.07, 6.45) is 0. The highest BCUT2D eigenvalue weighted by Crippen LogP contribution is 2.37. The van der Waals surface area contributed by atoms with Crippen LogP contribution in [0.2, 0.25) is 0 Å². The SMILES string of the molecule is CCOC(=O)c1c(-c2ccc(-c3ccccc3)cc2)csc1NC(=O)c1cccc2ccccc12. The van der Waals surface area contributed by atoms with Crippen molar-refractivity contribution < 1.29 is 14.3 Å². The van der Waals surface area contributed by atoms with Crippen molar-refractivity contribution in [2.24, 2.45) is 0 Å². The monoisotopic (exact) mass is 477 g/mol. The van der Waals surface area contributed by atoms with Gasteiger partial charge in [-0.15, -0.1) is 11.3 Å². The maximum Gasteiger partial charge on any atom is 0.341 e. The summed E-state index contributed by atoms with van der Waals surface area (Å²) < 4.78 is 5.36. The number of ether oxygens (including phenoxy) is 1. The molecule has 5 rings (SSSR count). The highest BCUT2D eigenvalue weighted by molar-refractivity contribution is 7.15. The van der Waals surface area contributed by atoms with Gasteiger partial charge >= 0.3 is 5.97 Å². The summed E-state index contributed by atoms with van der Waals surface area (Å²) >= 11 is 1.32. The van der Waals surface area contributed by atoms with Gasteiger partial charge in [0.2, 0.25) is 0 Å². The van der Waals surface area contributed by atoms with Crippen molar-refractivity contribution in [2.45, 2.75) is 6.92 Å². The lowest BCUT2D eigenvalue weighted by atomic mass is 9.99. The Morgan fingerprint density at radius 1 is 0.771 bits per heavy atom. The first-order valence-corrected chi connectivity index (χ1v) is 12.3. The number of carbonyl (C=O) groups is 2. The number of thiophene rings is 1. The molecule has 0 bridgehead atoms. The van der Waals surface area contributed by atoms with E-state index >= 15 is 0 Å². The average molecular weight is 478 g/mol. The smallest absolute Gasteiger partial charge is 0.341 e. The molecule has 0 aliphatic carbocycles. The van der Waals surface area contributed by atoms with E-state index in [1.54, 1.807) is 13.0 Å². The Labute approximate surface area is 207 Å². The van der Waals surface area contributed by atoms with Crippen molar-refractivity contribution >= 4 is 39.0 Å². The van der Waals surface area contributed by atoms with E-state index in [1.807, 2.05) is 84.2 Å². The van der Waals surface area contributed by atoms with Gasteiger partial charge in [0, 0.05) is 16.5 Å². The molecule has 0 saturated heterocycles. The van der Waals surface area contributed by atoms with Gasteiger partial charge in [0.25, 0.3) is 5.91 Å². The number of rotatable bonds is 6. The van der Waals surface area contributed by atoms with Crippen LogP contribution in [-0.2, 0) is 4.74 Å². The van der Waals surface area contributed by atoms with E-state index in [0.29, 0.717) is 16.1 Å². The quantitative estimate of drug-likeness (QED) is 0.255. The van der Waals surface area contributed by atoms with Crippen molar-refractivity contribution in [1.29, 1.82) is 0 Å². The van der Waals surface area contributed by atoms with Gasteiger partial charge in [0.05, 0.1) is 6.61 Å². The summed E-state index contributed by atoms with van der Waals surface area (Å²) in [6.45, 7) is 2.02. The lowest BCUT2D eigenvalue weighted by Gasteiger charge is -2.10. The Kier molecular flexibility index (Phi) is 6.42. The molecule has 4 aromatic carbocycles. The number of nitrogens with one attached hydrogen (secondary N) is 1. The van der Waals surface area contributed by atoms with Crippen LogP contribution in [0.3, 0.4) is 0 Å². The fraction of sp³-hybridized carbons (Fsp3) is 0.0667. The van der Waals surface area contributed by atoms with E-state index in [0.717, 1.165) is 33.0 Å². The van der Waals surface area contributed by atoms with Crippen LogP contribution in [0.15, 0.2) is 102 Å². The lowest BCUT2D eigenvalue weighted by molar-refractivity contribution is 0.0529. The molecule has 5 aromatic rings. The van der Waals surface area contributed by atoms with Gasteiger partial charge in [-0.2, -0.15) is 0 Å². The van der Waals surface area contributed by atoms with E-state index in [4.69, 9.17) is 4.74 Å². The van der Waals surface area contributed by atoms with Crippen LogP contribution in [0.1, 0.15) is 27.6 Å². The van der Waals surface area contributed by atoms with Crippen molar-refractivity contribution in [3.05, 3.63) is 114 Å². The van der Waals surface area contributed by atoms with Crippen molar-refractivity contribution in [3.63, 3.8) is 0 Å². The highest BCUT2D eigenvalue weighted by Gasteiger charge is 2.23. The summed E-state index contributed by atoms with van der Waals surface area (Å²) in [4.78, 5) is 26.2. The summed E-state index contributed by atoms with van der Waals surface area (Å²) in [5, 5.41) is 7.17. The van der Waals surface area contributed by atoms with Gasteiger partial charge < -0.3 is 10.1 Å². The van der Waals surface area contributed by atoms with Gasteiger partial charge in [-0.1, -0.05) is 91.0 Å². The number of hydrogen-bond acceptors (Lipinski definition) is 4. The summed E-state index contributed by atoms with van der Waals surface area (Å²) in [7, 11) is 0. The zero-order valence-corrected chi connectivity index (χ0v) is 20.0. The topological polar surface area (TPSA) is 55.4 Å². The van der Waals surface area contributed by atoms with Gasteiger partial charge in [0.1, 0.15) is 10.6 Å². The Hall–Kier alpha value is -4.22. The second-order valence-corrected chi connectivity index (χ2v) is 8.88. The predicted octanol–water partition coefficient (Wildman–Crippen LogP) is 7.66. The molecule has 0 spiro atoms. The van der Waals surface area contributed by atoms with Crippen molar-refractivity contribution in [1.82, 2.24) is 0 Å². The van der Waals surface area contributed by atoms with Crippen LogP contribution in [-0.4, -0.2) is 18.5 Å². The largest absolute Gasteiger partial charge is 0.462 e. The number of anilines is 1.